The number of carbonyl (C=O) groups excluding carboxylic acids is 2. The van der Waals surface area contributed by atoms with Crippen molar-refractivity contribution in [2.24, 2.45) is 0 Å². The number of aromatic nitrogens is 2. The Morgan fingerprint density at radius 2 is 1.03 bits per heavy atom. The van der Waals surface area contributed by atoms with Gasteiger partial charge in [-0.05, 0) is 48.5 Å². The topological polar surface area (TPSA) is 180 Å². The smallest absolute Gasteiger partial charge is 0.545 e. The molecule has 0 fully saturated rings. The molecule has 0 unspecified atom stereocenters. The van der Waals surface area contributed by atoms with Gasteiger partial charge in [0.25, 0.3) is 0 Å². The molecule has 2 heterocycles. The number of benzene rings is 3. The molecule has 0 aliphatic heterocycles. The van der Waals surface area contributed by atoms with Crippen LogP contribution in [0.3, 0.4) is 0 Å². The normalized spacial score (nSPS) is 9.53. The minimum absolute atomic E-state index is 0. The van der Waals surface area contributed by atoms with E-state index in [2.05, 4.69) is 34.2 Å². The molecule has 38 heavy (non-hydrogen) atoms. The largest absolute Gasteiger partial charge is 2.00 e. The zero-order valence-electron chi connectivity index (χ0n) is 19.5. The Hall–Kier alpha value is -3.82. The quantitative estimate of drug-likeness (QED) is 0.175. The molecular weight excluding hydrogens is 589 g/mol. The molecule has 5 rings (SSSR count). The maximum absolute atomic E-state index is 10.2. The van der Waals surface area contributed by atoms with Gasteiger partial charge in [-0.15, -0.1) is 0 Å². The van der Waals surface area contributed by atoms with Gasteiger partial charge in [0.05, 0.1) is 23.0 Å². The Morgan fingerprint density at radius 3 is 1.34 bits per heavy atom. The third kappa shape index (κ3) is 8.36. The predicted molar refractivity (Wildman–Crippen MR) is 137 cm³/mol. The summed E-state index contributed by atoms with van der Waals surface area (Å²) in [5.74, 6) is -3.56. The summed E-state index contributed by atoms with van der Waals surface area (Å²) in [5, 5.41) is 41.1. The fourth-order valence-electron chi connectivity index (χ4n) is 3.02. The van der Waals surface area contributed by atoms with Crippen molar-refractivity contribution < 1.29 is 55.0 Å². The molecule has 0 atom stereocenters. The zero-order valence-corrected chi connectivity index (χ0v) is 24.0. The number of hydrogen-bond acceptors (Lipinski definition) is 8. The Balaban J connectivity index is 0.000000281. The zero-order chi connectivity index (χ0) is 26.2. The first-order valence-electron chi connectivity index (χ1n) is 10.2. The summed E-state index contributed by atoms with van der Waals surface area (Å²) in [4.78, 5) is 29.2. The van der Waals surface area contributed by atoms with Crippen molar-refractivity contribution in [2.45, 2.75) is 0 Å². The van der Waals surface area contributed by atoms with Gasteiger partial charge in [-0.1, -0.05) is 47.5 Å². The predicted octanol–water partition coefficient (Wildman–Crippen LogP) is 2.68. The van der Waals surface area contributed by atoms with Crippen LogP contribution in [0.2, 0.25) is 10.0 Å². The van der Waals surface area contributed by atoms with Gasteiger partial charge in [-0.2, -0.15) is 0 Å². The number of rotatable bonds is 2. The summed E-state index contributed by atoms with van der Waals surface area (Å²) < 4.78 is 0. The minimum Gasteiger partial charge on any atom is -0.545 e. The van der Waals surface area contributed by atoms with E-state index in [4.69, 9.17) is 33.4 Å². The van der Waals surface area contributed by atoms with Gasteiger partial charge in [-0.3, -0.25) is 9.97 Å². The number of carbonyl (C=O) groups is 2. The molecule has 5 aromatic rings. The van der Waals surface area contributed by atoms with E-state index in [0.717, 1.165) is 33.9 Å². The standard InChI is InChI=1S/C12H8N2.2C7H5ClO3.H2O.Zn/c1-3-9-5-6-10-4-2-8-14-12(10)11(9)13-7-1;2*8-4-1-2-6(9)5(3-4)7(10)11;;/h1-8H;2*1-3,9H,(H,10,11);1H2;/q;;;;+2/p-1. The van der Waals surface area contributed by atoms with Gasteiger partial charge in [0.2, 0.25) is 0 Å². The fraction of sp³-hybridized carbons (Fsp3) is 0. The van der Waals surface area contributed by atoms with Crippen LogP contribution in [0, 0.1) is 0 Å². The number of phenols is 2. The third-order valence-electron chi connectivity index (χ3n) is 4.70. The molecule has 2 aromatic heterocycles. The number of carboxylic acid groups (broad SMARTS) is 2. The number of hydrogen-bond donors (Lipinski definition) is 2. The van der Waals surface area contributed by atoms with Gasteiger partial charge in [-0.25, -0.2) is 0 Å². The number of fused-ring (bicyclic) bond motifs is 3. The molecule has 3 aromatic carbocycles. The minimum atomic E-state index is -1.44. The summed E-state index contributed by atoms with van der Waals surface area (Å²) in [7, 11) is 0. The summed E-state index contributed by atoms with van der Waals surface area (Å²) in [6.45, 7) is 0. The van der Waals surface area contributed by atoms with Crippen LogP contribution >= 0.6 is 23.2 Å². The van der Waals surface area contributed by atoms with E-state index in [0.29, 0.717) is 0 Å². The van der Waals surface area contributed by atoms with Crippen LogP contribution in [-0.4, -0.2) is 32.1 Å². The van der Waals surface area contributed by atoms with Crippen molar-refractivity contribution in [3.8, 4) is 11.5 Å². The van der Waals surface area contributed by atoms with E-state index in [1.54, 1.807) is 12.4 Å². The second kappa shape index (κ2) is 14.8. The number of aromatic carboxylic acids is 2. The van der Waals surface area contributed by atoms with E-state index >= 15 is 0 Å². The molecule has 0 spiro atoms. The van der Waals surface area contributed by atoms with Gasteiger partial charge >= 0.3 is 19.5 Å². The molecule has 9 nitrogen and oxygen atoms in total. The molecule has 0 amide bonds. The van der Waals surface area contributed by atoms with Crippen LogP contribution in [-0.2, 0) is 25.0 Å². The van der Waals surface area contributed by atoms with Gasteiger partial charge in [0, 0.05) is 44.3 Å². The Labute approximate surface area is 239 Å². The second-order valence-corrected chi connectivity index (χ2v) is 7.99. The van der Waals surface area contributed by atoms with Crippen molar-refractivity contribution in [2.75, 3.05) is 0 Å². The number of nitrogens with zero attached hydrogens (tertiary/aromatic N) is 2. The van der Waals surface area contributed by atoms with Crippen LogP contribution in [0.15, 0.2) is 85.2 Å². The van der Waals surface area contributed by atoms with Crippen LogP contribution in [0.1, 0.15) is 20.7 Å². The maximum Gasteiger partial charge on any atom is 2.00 e. The number of aromatic hydroxyl groups is 2. The van der Waals surface area contributed by atoms with Gasteiger partial charge in [0.15, 0.2) is 0 Å². The summed E-state index contributed by atoms with van der Waals surface area (Å²) in [6, 6.07) is 19.6. The second-order valence-electron chi connectivity index (χ2n) is 7.11. The SMILES string of the molecule is O=C([O-])c1cc(Cl)ccc1O.O=C([O-])c1cc(Cl)ccc1O.[OH3+].[Zn+2].c1cnc2c(c1)ccc1cccnc12. The monoisotopic (exact) mass is 605 g/mol. The molecule has 190 valence electrons. The molecule has 12 heteroatoms. The summed E-state index contributed by atoms with van der Waals surface area (Å²) >= 11 is 10.9. The van der Waals surface area contributed by atoms with Crippen LogP contribution < -0.4 is 10.2 Å². The maximum atomic E-state index is 10.2. The first-order valence-corrected chi connectivity index (χ1v) is 10.9. The summed E-state index contributed by atoms with van der Waals surface area (Å²) in [5.41, 5.74) is 1.37. The van der Waals surface area contributed by atoms with E-state index in [9.17, 15) is 19.8 Å². The molecule has 0 saturated carbocycles. The number of halogens is 2. The van der Waals surface area contributed by atoms with Crippen molar-refractivity contribution in [1.82, 2.24) is 9.97 Å². The first kappa shape index (κ1) is 32.2. The molecule has 5 N–H and O–H groups in total. The third-order valence-corrected chi connectivity index (χ3v) is 5.17. The molecule has 0 bridgehead atoms. The van der Waals surface area contributed by atoms with E-state index in [1.807, 2.05) is 12.1 Å². The number of pyridine rings is 2. The van der Waals surface area contributed by atoms with Crippen LogP contribution in [0.4, 0.5) is 0 Å². The Morgan fingerprint density at radius 1 is 0.658 bits per heavy atom. The van der Waals surface area contributed by atoms with E-state index in [-0.39, 0.29) is 57.6 Å². The number of carboxylic acids is 2. The van der Waals surface area contributed by atoms with Crippen molar-refractivity contribution in [3.63, 3.8) is 0 Å². The van der Waals surface area contributed by atoms with Gasteiger partial charge in [0.1, 0.15) is 11.5 Å². The van der Waals surface area contributed by atoms with Crippen molar-refractivity contribution in [1.29, 1.82) is 0 Å². The Kier molecular flexibility index (Phi) is 12.5. The molecule has 0 aliphatic rings. The first-order chi connectivity index (χ1) is 17.2. The summed E-state index contributed by atoms with van der Waals surface area (Å²) in [6.07, 6.45) is 3.60. The van der Waals surface area contributed by atoms with Crippen LogP contribution in [0.5, 0.6) is 11.5 Å². The van der Waals surface area contributed by atoms with E-state index in [1.165, 1.54) is 24.3 Å². The van der Waals surface area contributed by atoms with Gasteiger partial charge < -0.3 is 35.5 Å². The van der Waals surface area contributed by atoms with Crippen molar-refractivity contribution in [3.05, 3.63) is 106 Å². The van der Waals surface area contributed by atoms with Crippen LogP contribution in [0.25, 0.3) is 21.8 Å². The fourth-order valence-corrected chi connectivity index (χ4v) is 3.37. The molecule has 0 saturated heterocycles. The van der Waals surface area contributed by atoms with Crippen molar-refractivity contribution >= 4 is 56.9 Å². The Bertz CT molecular complexity index is 1450. The average Bonchev–Trinajstić information content (AvgIpc) is 2.87. The molecule has 0 radical (unpaired) electrons. The molecular formula is C26H19Cl2N2O7Zn+. The molecule has 0 aliphatic carbocycles. The average molecular weight is 608 g/mol. The van der Waals surface area contributed by atoms with E-state index < -0.39 is 11.9 Å².